The van der Waals surface area contributed by atoms with Gasteiger partial charge in [-0.25, -0.2) is 4.68 Å². The Labute approximate surface area is 159 Å². The number of aromatic nitrogens is 2. The van der Waals surface area contributed by atoms with Gasteiger partial charge in [0.15, 0.2) is 0 Å². The highest BCUT2D eigenvalue weighted by atomic mass is 32.2. The summed E-state index contributed by atoms with van der Waals surface area (Å²) in [5, 5.41) is 4.85. The molecule has 0 amide bonds. The number of nitrogens with two attached hydrogens (primary N) is 1. The summed E-state index contributed by atoms with van der Waals surface area (Å²) in [5.74, 6) is 1.51. The molecule has 5 heteroatoms. The Morgan fingerprint density at radius 3 is 2.15 bits per heavy atom. The molecule has 4 nitrogen and oxygen atoms in total. The van der Waals surface area contributed by atoms with Crippen molar-refractivity contribution in [2.24, 2.45) is 0 Å². The maximum absolute atomic E-state index is 6.52. The highest BCUT2D eigenvalue weighted by molar-refractivity contribution is 7.99. The third kappa shape index (κ3) is 3.73. The zero-order valence-corrected chi connectivity index (χ0v) is 16.7. The number of nitrogen functional groups attached to an aromatic ring is 1. The molecular weight excluding hydrogens is 342 g/mol. The minimum absolute atomic E-state index is 0.197. The Kier molecular flexibility index (Phi) is 5.01. The van der Waals surface area contributed by atoms with Crippen LogP contribution in [0.15, 0.2) is 58.3 Å². The van der Waals surface area contributed by atoms with Gasteiger partial charge in [-0.15, -0.1) is 0 Å². The molecule has 26 heavy (non-hydrogen) atoms. The number of hydrogen-bond acceptors (Lipinski definition) is 4. The maximum Gasteiger partial charge on any atom is 0.137 e. The Morgan fingerprint density at radius 2 is 1.62 bits per heavy atom. The van der Waals surface area contributed by atoms with Crippen molar-refractivity contribution in [3.05, 3.63) is 54.1 Å². The summed E-state index contributed by atoms with van der Waals surface area (Å²) in [7, 11) is 1.67. The molecule has 0 aliphatic carbocycles. The van der Waals surface area contributed by atoms with Crippen LogP contribution in [-0.4, -0.2) is 16.9 Å². The van der Waals surface area contributed by atoms with Gasteiger partial charge in [0.2, 0.25) is 0 Å². The lowest BCUT2D eigenvalue weighted by molar-refractivity contribution is 0.362. The summed E-state index contributed by atoms with van der Waals surface area (Å²) >= 11 is 1.65. The van der Waals surface area contributed by atoms with Gasteiger partial charge in [0.05, 0.1) is 17.5 Å². The number of anilines is 1. The number of nitrogens with zero attached hydrogens (tertiary/aromatic N) is 2. The van der Waals surface area contributed by atoms with Gasteiger partial charge in [-0.3, -0.25) is 0 Å². The van der Waals surface area contributed by atoms with E-state index in [1.807, 2.05) is 28.9 Å². The van der Waals surface area contributed by atoms with Crippen molar-refractivity contribution in [3.63, 3.8) is 0 Å². The van der Waals surface area contributed by atoms with Crippen LogP contribution in [0.3, 0.4) is 0 Å². The number of rotatable bonds is 4. The Morgan fingerprint density at radius 1 is 1.00 bits per heavy atom. The van der Waals surface area contributed by atoms with Crippen molar-refractivity contribution in [2.45, 2.75) is 43.0 Å². The largest absolute Gasteiger partial charge is 0.497 e. The molecule has 0 aliphatic heterocycles. The number of hydrogen-bond donors (Lipinski definition) is 1. The van der Waals surface area contributed by atoms with Crippen molar-refractivity contribution in [1.29, 1.82) is 0 Å². The van der Waals surface area contributed by atoms with Crippen LogP contribution in [0.4, 0.5) is 5.82 Å². The van der Waals surface area contributed by atoms with E-state index in [2.05, 4.69) is 52.0 Å². The lowest BCUT2D eigenvalue weighted by atomic mass is 10.1. The summed E-state index contributed by atoms with van der Waals surface area (Å²) in [4.78, 5) is 2.12. The second kappa shape index (κ2) is 7.08. The Hall–Kier alpha value is -2.40. The van der Waals surface area contributed by atoms with Crippen molar-refractivity contribution >= 4 is 17.6 Å². The second-order valence-corrected chi connectivity index (χ2v) is 8.37. The summed E-state index contributed by atoms with van der Waals surface area (Å²) in [6, 6.07) is 16.4. The summed E-state index contributed by atoms with van der Waals surface area (Å²) in [5.41, 5.74) is 9.48. The second-order valence-electron chi connectivity index (χ2n) is 7.29. The van der Waals surface area contributed by atoms with Gasteiger partial charge in [0, 0.05) is 10.5 Å². The first-order chi connectivity index (χ1) is 12.3. The van der Waals surface area contributed by atoms with Crippen LogP contribution >= 0.6 is 11.8 Å². The first kappa shape index (κ1) is 18.4. The van der Waals surface area contributed by atoms with Gasteiger partial charge >= 0.3 is 0 Å². The molecule has 0 unspecified atom stereocenters. The van der Waals surface area contributed by atoms with E-state index in [9.17, 15) is 0 Å². The first-order valence-corrected chi connectivity index (χ1v) is 9.39. The van der Waals surface area contributed by atoms with Crippen LogP contribution < -0.4 is 10.5 Å². The van der Waals surface area contributed by atoms with E-state index in [4.69, 9.17) is 15.6 Å². The molecular formula is C21H25N3OS. The number of methoxy groups -OCH3 is 1. The fourth-order valence-corrected chi connectivity index (χ4v) is 3.64. The van der Waals surface area contributed by atoms with E-state index >= 15 is 0 Å². The summed E-state index contributed by atoms with van der Waals surface area (Å²) in [6.45, 7) is 8.40. The van der Waals surface area contributed by atoms with Crippen LogP contribution in [0.25, 0.3) is 11.3 Å². The molecule has 0 fully saturated rings. The van der Waals surface area contributed by atoms with Gasteiger partial charge in [-0.05, 0) is 64.1 Å². The van der Waals surface area contributed by atoms with E-state index < -0.39 is 0 Å². The predicted octanol–water partition coefficient (Wildman–Crippen LogP) is 5.36. The Bertz CT molecular complexity index is 891. The van der Waals surface area contributed by atoms with Crippen molar-refractivity contribution in [1.82, 2.24) is 9.78 Å². The van der Waals surface area contributed by atoms with Crippen LogP contribution in [0.5, 0.6) is 5.75 Å². The van der Waals surface area contributed by atoms with E-state index in [0.29, 0.717) is 5.82 Å². The van der Waals surface area contributed by atoms with Gasteiger partial charge in [-0.1, -0.05) is 29.5 Å². The molecule has 2 aromatic carbocycles. The third-order valence-corrected chi connectivity index (χ3v) is 5.23. The zero-order chi connectivity index (χ0) is 18.9. The van der Waals surface area contributed by atoms with Crippen LogP contribution in [0, 0.1) is 6.92 Å². The van der Waals surface area contributed by atoms with Crippen molar-refractivity contribution < 1.29 is 4.74 Å². The molecule has 0 aliphatic rings. The fraction of sp³-hybridized carbons (Fsp3) is 0.286. The summed E-state index contributed by atoms with van der Waals surface area (Å²) < 4.78 is 7.18. The molecule has 1 aromatic heterocycles. The van der Waals surface area contributed by atoms with E-state index in [-0.39, 0.29) is 5.54 Å². The predicted molar refractivity (Wildman–Crippen MR) is 109 cm³/mol. The molecule has 0 radical (unpaired) electrons. The summed E-state index contributed by atoms with van der Waals surface area (Å²) in [6.07, 6.45) is 0. The van der Waals surface area contributed by atoms with Crippen molar-refractivity contribution in [3.8, 4) is 17.0 Å². The molecule has 0 saturated heterocycles. The lowest BCUT2D eigenvalue weighted by Crippen LogP contribution is -2.24. The van der Waals surface area contributed by atoms with Gasteiger partial charge in [-0.2, -0.15) is 5.10 Å². The third-order valence-electron chi connectivity index (χ3n) is 4.12. The average molecular weight is 368 g/mol. The highest BCUT2D eigenvalue weighted by Gasteiger charge is 2.24. The topological polar surface area (TPSA) is 53.1 Å². The molecule has 0 spiro atoms. The molecule has 0 saturated carbocycles. The average Bonchev–Trinajstić information content (AvgIpc) is 2.94. The van der Waals surface area contributed by atoms with Crippen LogP contribution in [0.1, 0.15) is 26.3 Å². The molecule has 3 aromatic rings. The maximum atomic E-state index is 6.52. The van der Waals surface area contributed by atoms with E-state index in [1.165, 1.54) is 5.56 Å². The first-order valence-electron chi connectivity index (χ1n) is 8.57. The van der Waals surface area contributed by atoms with E-state index in [1.54, 1.807) is 18.9 Å². The molecule has 3 rings (SSSR count). The quantitative estimate of drug-likeness (QED) is 0.675. The minimum Gasteiger partial charge on any atom is -0.497 e. The smallest absolute Gasteiger partial charge is 0.137 e. The standard InChI is InChI=1S/C21H25N3OS/c1-14-6-12-17(13-7-14)26-19-18(15-8-10-16(25-5)11-9-15)23-24(20(19)22)21(2,3)4/h6-13H,22H2,1-5H3. The fourth-order valence-electron chi connectivity index (χ4n) is 2.69. The normalized spacial score (nSPS) is 11.6. The molecule has 0 bridgehead atoms. The molecule has 2 N–H and O–H groups in total. The van der Waals surface area contributed by atoms with Gasteiger partial charge in [0.25, 0.3) is 0 Å². The lowest BCUT2D eigenvalue weighted by Gasteiger charge is -2.20. The van der Waals surface area contributed by atoms with Crippen LogP contribution in [0.2, 0.25) is 0 Å². The van der Waals surface area contributed by atoms with E-state index in [0.717, 1.165) is 26.8 Å². The molecule has 0 atom stereocenters. The molecule has 1 heterocycles. The van der Waals surface area contributed by atoms with Crippen molar-refractivity contribution in [2.75, 3.05) is 12.8 Å². The van der Waals surface area contributed by atoms with Crippen LogP contribution in [-0.2, 0) is 5.54 Å². The van der Waals surface area contributed by atoms with Gasteiger partial charge in [0.1, 0.15) is 17.3 Å². The Balaban J connectivity index is 2.10. The zero-order valence-electron chi connectivity index (χ0n) is 15.9. The highest BCUT2D eigenvalue weighted by Crippen LogP contribution is 2.41. The minimum atomic E-state index is -0.197. The molecule has 136 valence electrons. The monoisotopic (exact) mass is 367 g/mol. The number of aryl methyl sites for hydroxylation is 1. The SMILES string of the molecule is COc1ccc(-c2nn(C(C)(C)C)c(N)c2Sc2ccc(C)cc2)cc1. The van der Waals surface area contributed by atoms with Gasteiger partial charge < -0.3 is 10.5 Å². The number of ether oxygens (including phenoxy) is 1. The number of benzene rings is 2.